The average molecular weight is 1760 g/mol. The highest BCUT2D eigenvalue weighted by Crippen LogP contribution is 2.48. The molecular weight excluding hydrogens is 1600 g/mol. The van der Waals surface area contributed by atoms with Crippen molar-refractivity contribution in [1.29, 1.82) is 0 Å². The fourth-order valence-electron chi connectivity index (χ4n) is 17.0. The lowest BCUT2D eigenvalue weighted by molar-refractivity contribution is -0.123. The minimum atomic E-state index is -2.99. The SMILES string of the molecule is CNC(=O)CC(CCC[Si](CCC[Si](OC)(OC)OC)(CCC[Si](OC)(OC)OC)CCC[Si](OC)(OC)OC)(CCC[Si](CCC[Si](OC)(OC)OC)(CCC[Si](OC)(OC)OC)CCC[Si](OC)(OC)OC)CCC[Si](CCC[Si](OC)(OC)OC)(CCC[Si](OC)(OC)OC)CCC[Si](OC)(OC)OC. The minimum absolute atomic E-state index is 0.0329. The molecule has 0 aromatic heterocycles. The Bertz CT molecular complexity index is 1740. The van der Waals surface area contributed by atoms with E-state index in [1.807, 2.05) is 0 Å². The van der Waals surface area contributed by atoms with Crippen molar-refractivity contribution in [3.05, 3.63) is 0 Å². The Hall–Kier alpha value is 0.993. The lowest BCUT2D eigenvalue weighted by Crippen LogP contribution is -2.45. The fraction of sp³-hybridized carbons (Fsp3) is 0.985. The van der Waals surface area contributed by atoms with Gasteiger partial charge >= 0.3 is 79.2 Å². The molecule has 29 nitrogen and oxygen atoms in total. The zero-order valence-electron chi connectivity index (χ0n) is 73.1. The molecule has 0 spiro atoms. The summed E-state index contributed by atoms with van der Waals surface area (Å²) in [6, 6.07) is 17.8. The summed E-state index contributed by atoms with van der Waals surface area (Å²) >= 11 is 0. The molecule has 1 N–H and O–H groups in total. The number of rotatable bonds is 77. The predicted molar refractivity (Wildman–Crippen MR) is 450 cm³/mol. The second-order valence-electron chi connectivity index (χ2n) is 28.8. The van der Waals surface area contributed by atoms with E-state index >= 15 is 4.79 Å². The van der Waals surface area contributed by atoms with Crippen molar-refractivity contribution < 1.29 is 124 Å². The van der Waals surface area contributed by atoms with E-state index in [0.717, 1.165) is 169 Å². The molecule has 0 atom stereocenters. The van der Waals surface area contributed by atoms with Gasteiger partial charge in [-0.2, -0.15) is 0 Å². The van der Waals surface area contributed by atoms with Crippen molar-refractivity contribution in [2.75, 3.05) is 199 Å². The second kappa shape index (κ2) is 57.2. The van der Waals surface area contributed by atoms with E-state index in [9.17, 15) is 0 Å². The third-order valence-electron chi connectivity index (χ3n) is 24.2. The van der Waals surface area contributed by atoms with E-state index in [-0.39, 0.29) is 5.91 Å². The van der Waals surface area contributed by atoms with Gasteiger partial charge in [0.05, 0.1) is 24.2 Å². The second-order valence-corrected chi connectivity index (χ2v) is 71.6. The third-order valence-corrected chi connectivity index (χ3v) is 66.6. The number of hydrogen-bond donors (Lipinski definition) is 1. The van der Waals surface area contributed by atoms with Crippen molar-refractivity contribution in [2.24, 2.45) is 5.41 Å². The summed E-state index contributed by atoms with van der Waals surface area (Å²) in [4.78, 5) is 15.0. The quantitative estimate of drug-likeness (QED) is 0.0554. The zero-order valence-corrected chi connectivity index (χ0v) is 85.1. The van der Waals surface area contributed by atoms with Crippen molar-refractivity contribution in [1.82, 2.24) is 5.32 Å². The van der Waals surface area contributed by atoms with Crippen molar-refractivity contribution in [3.63, 3.8) is 0 Å². The van der Waals surface area contributed by atoms with Crippen LogP contribution in [0.4, 0.5) is 0 Å². The number of nitrogens with one attached hydrogen (secondary N) is 1. The molecule has 0 aromatic carbocycles. The van der Waals surface area contributed by atoms with Gasteiger partial charge in [-0.05, 0) is 24.7 Å². The van der Waals surface area contributed by atoms with E-state index in [0.29, 0.717) is 60.8 Å². The summed E-state index contributed by atoms with van der Waals surface area (Å²) in [6.45, 7) is 0. The number of hydrogen-bond acceptors (Lipinski definition) is 28. The largest absolute Gasteiger partial charge is 0.500 e. The van der Waals surface area contributed by atoms with Crippen LogP contribution in [-0.2, 0) is 124 Å². The van der Waals surface area contributed by atoms with Crippen LogP contribution >= 0.6 is 0 Å². The van der Waals surface area contributed by atoms with Gasteiger partial charge in [0.1, 0.15) is 0 Å². The van der Waals surface area contributed by atoms with E-state index in [1.54, 1.807) is 199 Å². The summed E-state index contributed by atoms with van der Waals surface area (Å²) in [7, 11) is 13.3. The Morgan fingerprint density at radius 3 is 0.407 bits per heavy atom. The summed E-state index contributed by atoms with van der Waals surface area (Å²) < 4.78 is 165. The van der Waals surface area contributed by atoms with Gasteiger partial charge < -0.3 is 125 Å². The maximum absolute atomic E-state index is 15.0. The zero-order chi connectivity index (χ0) is 82.0. The maximum Gasteiger partial charge on any atom is 0.500 e. The molecule has 41 heteroatoms. The first-order valence-electron chi connectivity index (χ1n) is 38.7. The van der Waals surface area contributed by atoms with Crippen LogP contribution < -0.4 is 5.32 Å². The van der Waals surface area contributed by atoms with E-state index in [1.165, 1.54) is 0 Å². The Morgan fingerprint density at radius 1 is 0.194 bits per heavy atom. The molecule has 0 radical (unpaired) electrons. The highest BCUT2D eigenvalue weighted by Gasteiger charge is 2.49. The number of carbonyl (C=O) groups is 1. The van der Waals surface area contributed by atoms with Crippen LogP contribution in [0.15, 0.2) is 0 Å². The lowest BCUT2D eigenvalue weighted by Gasteiger charge is -2.40. The highest BCUT2D eigenvalue weighted by atomic mass is 28.4. The Morgan fingerprint density at radius 2 is 0.306 bits per heavy atom. The molecule has 0 bridgehead atoms. The summed E-state index contributed by atoms with van der Waals surface area (Å²) in [5.74, 6) is 0.0329. The summed E-state index contributed by atoms with van der Waals surface area (Å²) in [6.07, 6.45) is 13.2. The molecule has 0 saturated heterocycles. The van der Waals surface area contributed by atoms with Gasteiger partial charge in [0.25, 0.3) is 0 Å². The van der Waals surface area contributed by atoms with E-state index < -0.39 is 109 Å². The average Bonchev–Trinajstić information content (AvgIpc) is 0.828. The Kier molecular flexibility index (Phi) is 57.7. The number of carbonyl (C=O) groups excluding carboxylic acids is 1. The van der Waals surface area contributed by atoms with Gasteiger partial charge in [-0.15, -0.1) is 0 Å². The lowest BCUT2D eigenvalue weighted by atomic mass is 9.73. The monoisotopic (exact) mass is 1760 g/mol. The van der Waals surface area contributed by atoms with E-state index in [4.69, 9.17) is 120 Å². The molecule has 0 saturated carbocycles. The van der Waals surface area contributed by atoms with Gasteiger partial charge in [0.2, 0.25) is 5.91 Å². The molecule has 0 aliphatic rings. The van der Waals surface area contributed by atoms with Gasteiger partial charge in [-0.3, -0.25) is 4.79 Å². The number of amides is 1. The van der Waals surface area contributed by atoms with Crippen LogP contribution in [0.2, 0.25) is 127 Å². The molecule has 1 amide bonds. The molecule has 0 aliphatic heterocycles. The standard InChI is InChI=1S/C67H159NO28Si12/c1-68-66(69)65-67(41-29-44-97(47-32-56-100(70-2,71-3)72-4,48-33-57-101(73-5,74-6)75-7)49-34-58-102(76-8,77-9)78-10,42-30-45-98(50-35-59-103(79-11,80-12)81-13,51-36-60-104(82-14,83-15)84-16)52-37-61-105(85-17,86-18)87-19)43-31-46-99(53-38-62-106(88-20,89-21)90-22,54-39-63-107(91-23,92-24)93-25)55-40-64-108(94-26,95-27)96-28/h29-65H2,1-28H3,(H,68,69). The van der Waals surface area contributed by atoms with Gasteiger partial charge in [-0.1, -0.05) is 150 Å². The van der Waals surface area contributed by atoms with Crippen LogP contribution in [0.5, 0.6) is 0 Å². The first-order valence-corrected chi connectivity index (χ1v) is 64.6. The molecule has 0 aliphatic carbocycles. The fourth-order valence-corrected chi connectivity index (χ4v) is 51.3. The van der Waals surface area contributed by atoms with Gasteiger partial charge in [0.15, 0.2) is 0 Å². The van der Waals surface area contributed by atoms with Crippen LogP contribution in [0.3, 0.4) is 0 Å². The van der Waals surface area contributed by atoms with Crippen molar-refractivity contribution >= 4 is 109 Å². The Balaban J connectivity index is 9.47. The smallest absolute Gasteiger partial charge is 0.377 e. The summed E-state index contributed by atoms with van der Waals surface area (Å²) in [5, 5.41) is 3.17. The maximum atomic E-state index is 15.0. The molecule has 0 fully saturated rings. The predicted octanol–water partition coefficient (Wildman–Crippen LogP) is 13.2. The highest BCUT2D eigenvalue weighted by molar-refractivity contribution is 6.81. The molecule has 0 aromatic rings. The van der Waals surface area contributed by atoms with Crippen LogP contribution in [0.1, 0.15) is 103 Å². The first kappa shape index (κ1) is 109. The van der Waals surface area contributed by atoms with E-state index in [2.05, 4.69) is 5.32 Å². The molecule has 648 valence electrons. The first-order chi connectivity index (χ1) is 51.6. The van der Waals surface area contributed by atoms with Crippen LogP contribution in [0.25, 0.3) is 0 Å². The summed E-state index contributed by atoms with van der Waals surface area (Å²) in [5.41, 5.74) is -0.434. The van der Waals surface area contributed by atoms with Crippen molar-refractivity contribution in [2.45, 2.75) is 230 Å². The molecule has 108 heavy (non-hydrogen) atoms. The molecular formula is C67H159NO28Si12. The normalized spacial score (nSPS) is 13.9. The van der Waals surface area contributed by atoms with Crippen molar-refractivity contribution in [3.8, 4) is 0 Å². The molecule has 0 unspecified atom stereocenters. The van der Waals surface area contributed by atoms with Crippen LogP contribution in [-0.4, -0.2) is 308 Å². The Labute approximate surface area is 669 Å². The molecule has 0 heterocycles. The topological polar surface area (TPSA) is 278 Å². The van der Waals surface area contributed by atoms with Gasteiger partial charge in [-0.25, -0.2) is 0 Å². The van der Waals surface area contributed by atoms with Crippen LogP contribution in [0, 0.1) is 5.41 Å². The molecule has 0 rings (SSSR count). The third kappa shape index (κ3) is 35.1. The van der Waals surface area contributed by atoms with Gasteiger partial charge in [0, 0.05) is 260 Å². The minimum Gasteiger partial charge on any atom is -0.377 e.